The molecule has 44 heavy (non-hydrogen) atoms. The number of hydrogen-bond donors (Lipinski definition) is 1. The molecule has 0 aliphatic rings. The molecule has 3 aromatic heterocycles. The van der Waals surface area contributed by atoms with E-state index in [4.69, 9.17) is 9.84 Å². The molecule has 0 amide bonds. The van der Waals surface area contributed by atoms with Crippen molar-refractivity contribution in [2.24, 2.45) is 0 Å². The predicted molar refractivity (Wildman–Crippen MR) is 153 cm³/mol. The molecular weight excluding hydrogens is 755 g/mol. The van der Waals surface area contributed by atoms with Crippen molar-refractivity contribution in [3.63, 3.8) is 0 Å². The number of halogens is 4. The quantitative estimate of drug-likeness (QED) is 0.0977. The summed E-state index contributed by atoms with van der Waals surface area (Å²) >= 11 is 0. The molecule has 11 heteroatoms. The van der Waals surface area contributed by atoms with E-state index in [2.05, 4.69) is 34.0 Å². The van der Waals surface area contributed by atoms with Gasteiger partial charge in [-0.1, -0.05) is 67.3 Å². The van der Waals surface area contributed by atoms with Gasteiger partial charge in [-0.25, -0.2) is 9.78 Å². The molecule has 231 valence electrons. The zero-order chi connectivity index (χ0) is 31.0. The van der Waals surface area contributed by atoms with Crippen molar-refractivity contribution in [2.75, 3.05) is 6.61 Å². The molecule has 1 N–H and O–H groups in total. The van der Waals surface area contributed by atoms with Crippen molar-refractivity contribution < 1.29 is 52.3 Å². The van der Waals surface area contributed by atoms with Gasteiger partial charge in [-0.3, -0.25) is 17.6 Å². The van der Waals surface area contributed by atoms with Crippen molar-refractivity contribution in [1.29, 1.82) is 0 Å². The first-order chi connectivity index (χ1) is 20.8. The topological polar surface area (TPSA) is 85.2 Å². The Morgan fingerprint density at radius 1 is 0.773 bits per heavy atom. The van der Waals surface area contributed by atoms with E-state index in [0.717, 1.165) is 43.5 Å². The number of pyridine rings is 3. The second-order valence-electron chi connectivity index (χ2n) is 8.72. The second kappa shape index (κ2) is 18.9. The predicted octanol–water partition coefficient (Wildman–Crippen LogP) is 8.00. The SMILES string of the molecule is CCCCCOc1cccnc1C(=O)O.Fc1c[c-]c(-c2ccccn2)c(F)c1.Fc1c[c-]c(-c2ccccn2)c(F)c1.[Ir]. The average molecular weight is 782 g/mol. The van der Waals surface area contributed by atoms with Crippen LogP contribution in [0.1, 0.15) is 36.7 Å². The summed E-state index contributed by atoms with van der Waals surface area (Å²) in [6, 6.07) is 22.3. The first-order valence-corrected chi connectivity index (χ1v) is 13.2. The maximum absolute atomic E-state index is 13.2. The van der Waals surface area contributed by atoms with Crippen LogP contribution in [0.15, 0.2) is 91.4 Å². The van der Waals surface area contributed by atoms with Gasteiger partial charge in [0.25, 0.3) is 0 Å². The third-order valence-electron chi connectivity index (χ3n) is 5.54. The van der Waals surface area contributed by atoms with Crippen LogP contribution >= 0.6 is 0 Å². The molecular formula is C33H27F4IrN3O3-2. The molecule has 0 bridgehead atoms. The second-order valence-corrected chi connectivity index (χ2v) is 8.72. The van der Waals surface area contributed by atoms with E-state index >= 15 is 0 Å². The van der Waals surface area contributed by atoms with Gasteiger partial charge >= 0.3 is 5.97 Å². The Morgan fingerprint density at radius 2 is 1.30 bits per heavy atom. The summed E-state index contributed by atoms with van der Waals surface area (Å²) in [6.45, 7) is 2.65. The largest absolute Gasteiger partial charge is 0.491 e. The van der Waals surface area contributed by atoms with Gasteiger partial charge in [0.2, 0.25) is 0 Å². The molecule has 0 fully saturated rings. The third-order valence-corrected chi connectivity index (χ3v) is 5.54. The van der Waals surface area contributed by atoms with Crippen LogP contribution in [-0.4, -0.2) is 32.6 Å². The Kier molecular flexibility index (Phi) is 15.4. The summed E-state index contributed by atoms with van der Waals surface area (Å²) in [5.74, 6) is -3.28. The Bertz CT molecular complexity index is 1510. The van der Waals surface area contributed by atoms with Crippen molar-refractivity contribution in [3.8, 4) is 28.3 Å². The van der Waals surface area contributed by atoms with Gasteiger partial charge in [0.1, 0.15) is 0 Å². The summed E-state index contributed by atoms with van der Waals surface area (Å²) in [7, 11) is 0. The van der Waals surface area contributed by atoms with E-state index in [0.29, 0.717) is 23.7 Å². The number of benzene rings is 2. The minimum atomic E-state index is -1.05. The molecule has 0 aliphatic carbocycles. The third kappa shape index (κ3) is 11.3. The van der Waals surface area contributed by atoms with Crippen LogP contribution in [0.2, 0.25) is 0 Å². The van der Waals surface area contributed by atoms with Crippen LogP contribution in [0.5, 0.6) is 5.75 Å². The number of aromatic carboxylic acids is 1. The zero-order valence-electron chi connectivity index (χ0n) is 23.4. The van der Waals surface area contributed by atoms with Crippen LogP contribution in [-0.2, 0) is 20.1 Å². The molecule has 0 saturated heterocycles. The van der Waals surface area contributed by atoms with Crippen molar-refractivity contribution in [3.05, 3.63) is 132 Å². The molecule has 0 saturated carbocycles. The van der Waals surface area contributed by atoms with E-state index < -0.39 is 29.2 Å². The number of rotatable bonds is 8. The molecule has 0 spiro atoms. The number of ether oxygens (including phenoxy) is 1. The van der Waals surface area contributed by atoms with E-state index in [-0.39, 0.29) is 36.9 Å². The normalized spacial score (nSPS) is 9.84. The molecule has 0 unspecified atom stereocenters. The summed E-state index contributed by atoms with van der Waals surface area (Å²) in [4.78, 5) is 22.4. The van der Waals surface area contributed by atoms with Gasteiger partial charge in [-0.15, -0.1) is 24.3 Å². The van der Waals surface area contributed by atoms with E-state index in [9.17, 15) is 22.4 Å². The van der Waals surface area contributed by atoms with Crippen molar-refractivity contribution in [1.82, 2.24) is 15.0 Å². The molecule has 1 radical (unpaired) electrons. The maximum Gasteiger partial charge on any atom is 0.358 e. The number of aromatic nitrogens is 3. The van der Waals surface area contributed by atoms with Crippen LogP contribution in [0.4, 0.5) is 17.6 Å². The maximum atomic E-state index is 13.2. The van der Waals surface area contributed by atoms with Crippen LogP contribution < -0.4 is 4.74 Å². The van der Waals surface area contributed by atoms with Gasteiger partial charge < -0.3 is 19.8 Å². The first kappa shape index (κ1) is 35.7. The Balaban J connectivity index is 0.000000228. The van der Waals surface area contributed by atoms with Crippen molar-refractivity contribution >= 4 is 5.97 Å². The molecule has 5 aromatic rings. The van der Waals surface area contributed by atoms with Crippen molar-refractivity contribution in [2.45, 2.75) is 26.2 Å². The number of hydrogen-bond acceptors (Lipinski definition) is 5. The fourth-order valence-electron chi connectivity index (χ4n) is 3.51. The smallest absolute Gasteiger partial charge is 0.358 e. The summed E-state index contributed by atoms with van der Waals surface area (Å²) in [5.41, 5.74) is 1.25. The van der Waals surface area contributed by atoms with Gasteiger partial charge in [0, 0.05) is 62.0 Å². The van der Waals surface area contributed by atoms with Crippen LogP contribution in [0.25, 0.3) is 22.5 Å². The number of carbonyl (C=O) groups is 1. The number of nitrogens with zero attached hydrogens (tertiary/aromatic N) is 3. The minimum absolute atomic E-state index is 0. The summed E-state index contributed by atoms with van der Waals surface area (Å²) in [5, 5.41) is 8.83. The number of carboxylic acids is 1. The molecule has 0 atom stereocenters. The minimum Gasteiger partial charge on any atom is -0.491 e. The monoisotopic (exact) mass is 782 g/mol. The van der Waals surface area contributed by atoms with Crippen LogP contribution in [0, 0.1) is 35.4 Å². The zero-order valence-corrected chi connectivity index (χ0v) is 25.8. The molecule has 6 nitrogen and oxygen atoms in total. The molecule has 0 aliphatic heterocycles. The summed E-state index contributed by atoms with van der Waals surface area (Å²) < 4.78 is 57.0. The van der Waals surface area contributed by atoms with Gasteiger partial charge in [0.15, 0.2) is 11.4 Å². The van der Waals surface area contributed by atoms with E-state index in [1.165, 1.54) is 6.20 Å². The van der Waals surface area contributed by atoms with Crippen LogP contribution in [0.3, 0.4) is 0 Å². The Hall–Kier alpha value is -4.47. The number of carboxylic acid groups (broad SMARTS) is 1. The van der Waals surface area contributed by atoms with E-state index in [1.54, 1.807) is 60.9 Å². The van der Waals surface area contributed by atoms with Gasteiger partial charge in [-0.05, 0) is 42.1 Å². The van der Waals surface area contributed by atoms with Gasteiger partial charge in [0.05, 0.1) is 6.61 Å². The summed E-state index contributed by atoms with van der Waals surface area (Å²) in [6.07, 6.45) is 7.68. The molecule has 2 aromatic carbocycles. The fourth-order valence-corrected chi connectivity index (χ4v) is 3.51. The molecule has 3 heterocycles. The average Bonchev–Trinajstić information content (AvgIpc) is 3.01. The number of unbranched alkanes of at least 4 members (excludes halogenated alkanes) is 2. The molecule has 5 rings (SSSR count). The standard InChI is InChI=1S/2C11H6F2N.C11H15NO3.Ir/c2*12-8-4-5-9(10(13)7-8)11-3-1-2-6-14-11;1-2-3-4-8-15-9-6-5-7-12-10(9)11(13)14;/h2*1-4,6-7H;5-7H,2-4,8H2,1H3,(H,13,14);/q2*-1;;. The van der Waals surface area contributed by atoms with Gasteiger partial charge in [-0.2, -0.15) is 0 Å². The van der Waals surface area contributed by atoms with E-state index in [1.807, 2.05) is 0 Å². The Morgan fingerprint density at radius 3 is 1.73 bits per heavy atom. The fraction of sp³-hybridized carbons (Fsp3) is 0.152. The first-order valence-electron chi connectivity index (χ1n) is 13.2. The Labute approximate surface area is 266 Å².